The van der Waals surface area contributed by atoms with E-state index in [1.807, 2.05) is 48.5 Å². The van der Waals surface area contributed by atoms with Crippen molar-refractivity contribution in [2.45, 2.75) is 19.0 Å². The van der Waals surface area contributed by atoms with Gasteiger partial charge in [-0.15, -0.1) is 12.6 Å². The summed E-state index contributed by atoms with van der Waals surface area (Å²) in [7, 11) is 0. The number of nitrogens with one attached hydrogen (secondary N) is 3. The number of H-pyrrole nitrogens is 1. The smallest absolute Gasteiger partial charge is 0.221 e. The van der Waals surface area contributed by atoms with Crippen molar-refractivity contribution in [2.75, 3.05) is 10.6 Å². The van der Waals surface area contributed by atoms with Crippen LogP contribution >= 0.6 is 12.6 Å². The first-order chi connectivity index (χ1) is 12.4. The Hall–Kier alpha value is -3.06. The highest BCUT2D eigenvalue weighted by Gasteiger charge is 2.13. The third-order valence-electron chi connectivity index (χ3n) is 3.66. The molecule has 0 aliphatic rings. The Balaban J connectivity index is 1.93. The summed E-state index contributed by atoms with van der Waals surface area (Å²) in [6.45, 7) is 2.94. The molecule has 0 aliphatic heterocycles. The zero-order valence-electron chi connectivity index (χ0n) is 14.3. The Morgan fingerprint density at radius 2 is 1.31 bits per heavy atom. The van der Waals surface area contributed by atoms with Gasteiger partial charge in [-0.1, -0.05) is 24.3 Å². The van der Waals surface area contributed by atoms with Gasteiger partial charge in [0.05, 0.1) is 11.4 Å². The monoisotopic (exact) mass is 366 g/mol. The van der Waals surface area contributed by atoms with E-state index in [1.165, 1.54) is 13.8 Å². The molecule has 0 saturated carbocycles. The molecule has 0 atom stereocenters. The fourth-order valence-corrected chi connectivity index (χ4v) is 2.83. The molecule has 0 radical (unpaired) electrons. The lowest BCUT2D eigenvalue weighted by Crippen LogP contribution is -2.05. The van der Waals surface area contributed by atoms with Crippen LogP contribution < -0.4 is 10.6 Å². The molecule has 2 aromatic carbocycles. The predicted molar refractivity (Wildman–Crippen MR) is 105 cm³/mol. The number of anilines is 2. The molecule has 0 spiro atoms. The van der Waals surface area contributed by atoms with Crippen molar-refractivity contribution in [1.29, 1.82) is 0 Å². The van der Waals surface area contributed by atoms with E-state index >= 15 is 0 Å². The number of thiol groups is 1. The van der Waals surface area contributed by atoms with E-state index in [9.17, 15) is 9.59 Å². The van der Waals surface area contributed by atoms with Gasteiger partial charge in [0.1, 0.15) is 0 Å². The van der Waals surface area contributed by atoms with Gasteiger partial charge in [-0.25, -0.2) is 4.98 Å². The summed E-state index contributed by atoms with van der Waals surface area (Å²) >= 11 is 4.33. The van der Waals surface area contributed by atoms with Crippen molar-refractivity contribution >= 4 is 35.8 Å². The van der Waals surface area contributed by atoms with Crippen molar-refractivity contribution in [3.05, 3.63) is 48.5 Å². The third kappa shape index (κ3) is 4.12. The zero-order valence-corrected chi connectivity index (χ0v) is 15.2. The normalized spacial score (nSPS) is 10.4. The summed E-state index contributed by atoms with van der Waals surface area (Å²) in [5.41, 5.74) is 4.87. The van der Waals surface area contributed by atoms with E-state index in [4.69, 9.17) is 0 Å². The van der Waals surface area contributed by atoms with Crippen LogP contribution in [0.3, 0.4) is 0 Å². The topological polar surface area (TPSA) is 86.9 Å². The van der Waals surface area contributed by atoms with E-state index in [-0.39, 0.29) is 11.8 Å². The molecule has 0 fully saturated rings. The zero-order chi connectivity index (χ0) is 18.7. The largest absolute Gasteiger partial charge is 0.333 e. The minimum absolute atomic E-state index is 0.114. The molecule has 26 heavy (non-hydrogen) atoms. The van der Waals surface area contributed by atoms with Crippen molar-refractivity contribution in [2.24, 2.45) is 0 Å². The van der Waals surface area contributed by atoms with Crippen LogP contribution in [0, 0.1) is 0 Å². The van der Waals surface area contributed by atoms with Crippen LogP contribution in [-0.4, -0.2) is 21.8 Å². The number of hydrogen-bond donors (Lipinski definition) is 4. The van der Waals surface area contributed by atoms with Crippen LogP contribution in [0.2, 0.25) is 0 Å². The number of imidazole rings is 1. The quantitative estimate of drug-likeness (QED) is 0.527. The summed E-state index contributed by atoms with van der Waals surface area (Å²) in [4.78, 5) is 29.9. The number of benzene rings is 2. The number of carbonyl (C=O) groups is 2. The summed E-state index contributed by atoms with van der Waals surface area (Å²) < 4.78 is 0. The molecule has 0 unspecified atom stereocenters. The molecule has 0 bridgehead atoms. The van der Waals surface area contributed by atoms with Gasteiger partial charge in [-0.3, -0.25) is 9.59 Å². The molecule has 132 valence electrons. The summed E-state index contributed by atoms with van der Waals surface area (Å²) in [5, 5.41) is 5.99. The lowest BCUT2D eigenvalue weighted by Gasteiger charge is -2.07. The lowest BCUT2D eigenvalue weighted by atomic mass is 10.0. The van der Waals surface area contributed by atoms with Crippen molar-refractivity contribution in [1.82, 2.24) is 9.97 Å². The van der Waals surface area contributed by atoms with Gasteiger partial charge in [-0.05, 0) is 24.3 Å². The fraction of sp³-hybridized carbons (Fsp3) is 0.105. The van der Waals surface area contributed by atoms with Crippen LogP contribution in [-0.2, 0) is 9.59 Å². The Morgan fingerprint density at radius 3 is 1.77 bits per heavy atom. The predicted octanol–water partition coefficient (Wildman–Crippen LogP) is 3.95. The van der Waals surface area contributed by atoms with E-state index in [0.717, 1.165) is 33.9 Å². The molecule has 6 nitrogen and oxygen atoms in total. The number of hydrogen-bond acceptors (Lipinski definition) is 4. The summed E-state index contributed by atoms with van der Waals surface area (Å²) in [6, 6.07) is 14.9. The van der Waals surface area contributed by atoms with Gasteiger partial charge in [0, 0.05) is 36.3 Å². The van der Waals surface area contributed by atoms with E-state index in [1.54, 1.807) is 0 Å². The van der Waals surface area contributed by atoms with E-state index in [2.05, 4.69) is 33.2 Å². The highest BCUT2D eigenvalue weighted by molar-refractivity contribution is 7.80. The van der Waals surface area contributed by atoms with E-state index in [0.29, 0.717) is 5.16 Å². The van der Waals surface area contributed by atoms with Crippen molar-refractivity contribution in [3.63, 3.8) is 0 Å². The maximum Gasteiger partial charge on any atom is 0.221 e. The number of nitrogens with zero attached hydrogens (tertiary/aromatic N) is 1. The first-order valence-electron chi connectivity index (χ1n) is 7.97. The average molecular weight is 366 g/mol. The van der Waals surface area contributed by atoms with Gasteiger partial charge < -0.3 is 15.6 Å². The lowest BCUT2D eigenvalue weighted by molar-refractivity contribution is -0.115. The van der Waals surface area contributed by atoms with Gasteiger partial charge in [0.2, 0.25) is 11.8 Å². The minimum Gasteiger partial charge on any atom is -0.333 e. The first-order valence-corrected chi connectivity index (χ1v) is 8.42. The van der Waals surface area contributed by atoms with Crippen LogP contribution in [0.5, 0.6) is 0 Å². The molecule has 3 N–H and O–H groups in total. The number of amides is 2. The molecular formula is C19H18N4O2S. The van der Waals surface area contributed by atoms with Crippen molar-refractivity contribution in [3.8, 4) is 22.5 Å². The molecular weight excluding hydrogens is 348 g/mol. The second-order valence-corrected chi connectivity index (χ2v) is 6.22. The maximum atomic E-state index is 11.1. The standard InChI is InChI=1S/C19H18N4O2S/c1-11(24)20-15-7-3-13(4-8-15)17-18(23-19(26)22-17)14-5-9-16(10-6-14)21-12(2)25/h3-10H,1-2H3,(H,20,24)(H,21,25)(H2,22,23,26). The Labute approximate surface area is 156 Å². The first kappa shape index (κ1) is 17.8. The second-order valence-electron chi connectivity index (χ2n) is 5.80. The minimum atomic E-state index is -0.116. The SMILES string of the molecule is CC(=O)Nc1ccc(-c2nc(S)[nH]c2-c2ccc(NC(C)=O)cc2)cc1. The molecule has 3 aromatic rings. The maximum absolute atomic E-state index is 11.1. The summed E-state index contributed by atoms with van der Waals surface area (Å²) in [6.07, 6.45) is 0. The van der Waals surface area contributed by atoms with Crippen LogP contribution in [0.1, 0.15) is 13.8 Å². The summed E-state index contributed by atoms with van der Waals surface area (Å²) in [5.74, 6) is -0.230. The van der Waals surface area contributed by atoms with Gasteiger partial charge in [0.25, 0.3) is 0 Å². The molecule has 1 heterocycles. The fourth-order valence-electron chi connectivity index (χ4n) is 2.62. The van der Waals surface area contributed by atoms with Crippen LogP contribution in [0.15, 0.2) is 53.7 Å². The van der Waals surface area contributed by atoms with Crippen molar-refractivity contribution < 1.29 is 9.59 Å². The van der Waals surface area contributed by atoms with Crippen LogP contribution in [0.4, 0.5) is 11.4 Å². The number of rotatable bonds is 4. The number of aromatic amines is 1. The molecule has 3 rings (SSSR count). The van der Waals surface area contributed by atoms with Gasteiger partial charge >= 0.3 is 0 Å². The van der Waals surface area contributed by atoms with Gasteiger partial charge in [0.15, 0.2) is 5.16 Å². The Bertz CT molecular complexity index is 870. The molecule has 0 aliphatic carbocycles. The highest BCUT2D eigenvalue weighted by atomic mass is 32.1. The van der Waals surface area contributed by atoms with Gasteiger partial charge in [-0.2, -0.15) is 0 Å². The van der Waals surface area contributed by atoms with Crippen LogP contribution in [0.25, 0.3) is 22.5 Å². The Kier molecular flexibility index (Phi) is 5.09. The Morgan fingerprint density at radius 1 is 0.846 bits per heavy atom. The number of aromatic nitrogens is 2. The average Bonchev–Trinajstić information content (AvgIpc) is 2.97. The second kappa shape index (κ2) is 7.45. The molecule has 7 heteroatoms. The molecule has 1 aromatic heterocycles. The molecule has 0 saturated heterocycles. The highest BCUT2D eigenvalue weighted by Crippen LogP contribution is 2.32. The number of carbonyl (C=O) groups excluding carboxylic acids is 2. The third-order valence-corrected chi connectivity index (χ3v) is 3.88. The molecule has 2 amide bonds. The van der Waals surface area contributed by atoms with E-state index < -0.39 is 0 Å².